The van der Waals surface area contributed by atoms with Gasteiger partial charge in [-0.3, -0.25) is 0 Å². The van der Waals surface area contributed by atoms with E-state index in [-0.39, 0.29) is 17.7 Å². The van der Waals surface area contributed by atoms with Crippen LogP contribution in [0.4, 0.5) is 4.79 Å². The Morgan fingerprint density at radius 3 is 2.12 bits per heavy atom. The highest BCUT2D eigenvalue weighted by molar-refractivity contribution is 5.74. The zero-order valence-electron chi connectivity index (χ0n) is 18.9. The van der Waals surface area contributed by atoms with Crippen LogP contribution in [0.3, 0.4) is 0 Å². The number of carbonyl (C=O) groups excluding carboxylic acids is 1. The lowest BCUT2D eigenvalue weighted by molar-refractivity contribution is -0.0135. The van der Waals surface area contributed by atoms with Crippen molar-refractivity contribution in [1.82, 2.24) is 10.6 Å². The number of carbonyl (C=O) groups is 1. The second-order valence-corrected chi connectivity index (χ2v) is 10.1. The van der Waals surface area contributed by atoms with Crippen molar-refractivity contribution < 1.29 is 14.3 Å². The summed E-state index contributed by atoms with van der Waals surface area (Å²) in [7, 11) is 1.66. The molecule has 2 aromatic carbocycles. The molecule has 0 saturated heterocycles. The Hall–Kier alpha value is -2.69. The summed E-state index contributed by atoms with van der Waals surface area (Å²) in [4.78, 5) is 12.8. The largest absolute Gasteiger partial charge is 0.497 e. The first-order chi connectivity index (χ1) is 15.6. The maximum Gasteiger partial charge on any atom is 0.315 e. The second kappa shape index (κ2) is 9.05. The number of nitrogens with one attached hydrogen (secondary N) is 2. The van der Waals surface area contributed by atoms with Gasteiger partial charge in [-0.25, -0.2) is 4.79 Å². The number of ether oxygens (including phenoxy) is 2. The van der Waals surface area contributed by atoms with Crippen LogP contribution in [-0.2, 0) is 0 Å². The molecule has 4 aliphatic rings. The molecule has 1 unspecified atom stereocenters. The summed E-state index contributed by atoms with van der Waals surface area (Å²) in [6.45, 7) is 0.563. The van der Waals surface area contributed by atoms with E-state index in [0.717, 1.165) is 34.8 Å². The van der Waals surface area contributed by atoms with Crippen molar-refractivity contribution >= 4 is 6.03 Å². The second-order valence-electron chi connectivity index (χ2n) is 10.1. The first kappa shape index (κ1) is 21.2. The lowest BCUT2D eigenvalue weighted by Crippen LogP contribution is -2.61. The number of urea groups is 1. The molecule has 2 amide bonds. The van der Waals surface area contributed by atoms with E-state index in [1.54, 1.807) is 7.11 Å². The van der Waals surface area contributed by atoms with Gasteiger partial charge in [-0.1, -0.05) is 30.3 Å². The van der Waals surface area contributed by atoms with Gasteiger partial charge in [-0.2, -0.15) is 0 Å². The molecule has 2 aromatic rings. The molecule has 6 rings (SSSR count). The fraction of sp³-hybridized carbons (Fsp3) is 0.519. The van der Waals surface area contributed by atoms with Gasteiger partial charge in [0, 0.05) is 18.5 Å². The normalized spacial score (nSPS) is 28.7. The summed E-state index contributed by atoms with van der Waals surface area (Å²) in [5.74, 6) is 4.06. The molecule has 4 bridgehead atoms. The van der Waals surface area contributed by atoms with Gasteiger partial charge >= 0.3 is 6.03 Å². The summed E-state index contributed by atoms with van der Waals surface area (Å²) in [6.07, 6.45) is 8.20. The minimum atomic E-state index is -0.135. The summed E-state index contributed by atoms with van der Waals surface area (Å²) in [6, 6.07) is 17.8. The SMILES string of the molecule is COc1ccc(OC(CCNC(=O)NC23CC4CC(CC(C4)C2)C3)c2ccccc2)cc1. The fourth-order valence-corrected chi connectivity index (χ4v) is 6.65. The van der Waals surface area contributed by atoms with E-state index in [4.69, 9.17) is 9.47 Å². The topological polar surface area (TPSA) is 59.6 Å². The smallest absolute Gasteiger partial charge is 0.315 e. The van der Waals surface area contributed by atoms with Gasteiger partial charge in [-0.15, -0.1) is 0 Å². The molecule has 2 N–H and O–H groups in total. The fourth-order valence-electron chi connectivity index (χ4n) is 6.65. The van der Waals surface area contributed by atoms with Gasteiger partial charge in [0.05, 0.1) is 7.11 Å². The van der Waals surface area contributed by atoms with Crippen LogP contribution in [0.1, 0.15) is 56.6 Å². The standard InChI is InChI=1S/C27H34N2O3/c1-31-23-7-9-24(10-8-23)32-25(22-5-3-2-4-6-22)11-12-28-26(30)29-27-16-19-13-20(17-27)15-21(14-19)18-27/h2-10,19-21,25H,11-18H2,1H3,(H2,28,29,30). The van der Waals surface area contributed by atoms with Gasteiger partial charge < -0.3 is 20.1 Å². The van der Waals surface area contributed by atoms with Crippen LogP contribution in [0.25, 0.3) is 0 Å². The Morgan fingerprint density at radius 2 is 1.53 bits per heavy atom. The Labute approximate surface area is 190 Å². The third-order valence-electron chi connectivity index (χ3n) is 7.62. The third-order valence-corrected chi connectivity index (χ3v) is 7.62. The van der Waals surface area contributed by atoms with E-state index < -0.39 is 0 Å². The molecular formula is C27H34N2O3. The van der Waals surface area contributed by atoms with Crippen LogP contribution in [0.2, 0.25) is 0 Å². The van der Waals surface area contributed by atoms with Crippen LogP contribution >= 0.6 is 0 Å². The summed E-state index contributed by atoms with van der Waals surface area (Å²) in [5.41, 5.74) is 1.14. The van der Waals surface area contributed by atoms with Crippen molar-refractivity contribution in [3.8, 4) is 11.5 Å². The van der Waals surface area contributed by atoms with E-state index in [0.29, 0.717) is 13.0 Å². The number of amides is 2. The molecule has 5 heteroatoms. The number of rotatable bonds is 8. The highest BCUT2D eigenvalue weighted by atomic mass is 16.5. The Kier molecular flexibility index (Phi) is 5.99. The summed E-state index contributed by atoms with van der Waals surface area (Å²) >= 11 is 0. The van der Waals surface area contributed by atoms with E-state index >= 15 is 0 Å². The van der Waals surface area contributed by atoms with Crippen LogP contribution in [0.15, 0.2) is 54.6 Å². The third kappa shape index (κ3) is 4.72. The highest BCUT2D eigenvalue weighted by Gasteiger charge is 2.51. The molecule has 4 fully saturated rings. The first-order valence-electron chi connectivity index (χ1n) is 12.0. The number of hydrogen-bond donors (Lipinski definition) is 2. The Balaban J connectivity index is 1.17. The van der Waals surface area contributed by atoms with Crippen LogP contribution in [-0.4, -0.2) is 25.2 Å². The molecule has 0 radical (unpaired) electrons. The van der Waals surface area contributed by atoms with Gasteiger partial charge in [0.2, 0.25) is 0 Å². The molecule has 0 heterocycles. The molecule has 170 valence electrons. The number of benzene rings is 2. The van der Waals surface area contributed by atoms with Crippen molar-refractivity contribution in [2.75, 3.05) is 13.7 Å². The van der Waals surface area contributed by atoms with Gasteiger partial charge in [-0.05, 0) is 86.1 Å². The van der Waals surface area contributed by atoms with Crippen molar-refractivity contribution in [2.45, 2.75) is 56.6 Å². The molecule has 1 atom stereocenters. The average Bonchev–Trinajstić information content (AvgIpc) is 2.78. The van der Waals surface area contributed by atoms with E-state index in [1.165, 1.54) is 38.5 Å². The van der Waals surface area contributed by atoms with Crippen molar-refractivity contribution in [2.24, 2.45) is 17.8 Å². The van der Waals surface area contributed by atoms with Gasteiger partial charge in [0.15, 0.2) is 0 Å². The predicted octanol–water partition coefficient (Wildman–Crippen LogP) is 5.47. The minimum absolute atomic E-state index is 0.0248. The lowest BCUT2D eigenvalue weighted by atomic mass is 9.53. The first-order valence-corrected chi connectivity index (χ1v) is 12.0. The maximum absolute atomic E-state index is 12.8. The summed E-state index contributed by atoms with van der Waals surface area (Å²) < 4.78 is 11.5. The average molecular weight is 435 g/mol. The number of hydrogen-bond acceptors (Lipinski definition) is 3. The molecule has 32 heavy (non-hydrogen) atoms. The molecule has 4 aliphatic carbocycles. The maximum atomic E-state index is 12.8. The molecule has 0 aliphatic heterocycles. The van der Waals surface area contributed by atoms with E-state index in [9.17, 15) is 4.79 Å². The molecule has 5 nitrogen and oxygen atoms in total. The summed E-state index contributed by atoms with van der Waals surface area (Å²) in [5, 5.41) is 6.51. The monoisotopic (exact) mass is 434 g/mol. The number of methoxy groups -OCH3 is 1. The van der Waals surface area contributed by atoms with Crippen LogP contribution in [0.5, 0.6) is 11.5 Å². The molecule has 0 aromatic heterocycles. The minimum Gasteiger partial charge on any atom is -0.497 e. The molecule has 4 saturated carbocycles. The highest BCUT2D eigenvalue weighted by Crippen LogP contribution is 2.55. The van der Waals surface area contributed by atoms with Gasteiger partial charge in [0.1, 0.15) is 17.6 Å². The predicted molar refractivity (Wildman–Crippen MR) is 125 cm³/mol. The van der Waals surface area contributed by atoms with Crippen molar-refractivity contribution in [3.63, 3.8) is 0 Å². The Morgan fingerprint density at radius 1 is 0.938 bits per heavy atom. The van der Waals surface area contributed by atoms with E-state index in [2.05, 4.69) is 22.8 Å². The van der Waals surface area contributed by atoms with Crippen molar-refractivity contribution in [3.05, 3.63) is 60.2 Å². The van der Waals surface area contributed by atoms with Crippen LogP contribution < -0.4 is 20.1 Å². The molecule has 0 spiro atoms. The van der Waals surface area contributed by atoms with E-state index in [1.807, 2.05) is 42.5 Å². The lowest BCUT2D eigenvalue weighted by Gasteiger charge is -2.56. The quantitative estimate of drug-likeness (QED) is 0.579. The zero-order chi connectivity index (χ0) is 22.0. The van der Waals surface area contributed by atoms with Gasteiger partial charge in [0.25, 0.3) is 0 Å². The van der Waals surface area contributed by atoms with Crippen molar-refractivity contribution in [1.29, 1.82) is 0 Å². The molecular weight excluding hydrogens is 400 g/mol. The zero-order valence-corrected chi connectivity index (χ0v) is 18.9. The van der Waals surface area contributed by atoms with Crippen LogP contribution in [0, 0.1) is 17.8 Å². The Bertz CT molecular complexity index is 877.